The fraction of sp³-hybridized carbons (Fsp3) is 0.667. The first-order chi connectivity index (χ1) is 7.37. The Labute approximate surface area is 111 Å². The Bertz CT molecular complexity index is 317. The molecule has 0 bridgehead atoms. The minimum Gasteiger partial charge on any atom is -0.326 e. The van der Waals surface area contributed by atoms with E-state index < -0.39 is 0 Å². The highest BCUT2D eigenvalue weighted by atomic mass is 79.9. The molecule has 0 spiro atoms. The van der Waals surface area contributed by atoms with E-state index in [1.165, 1.54) is 9.35 Å². The number of hydrogen-bond acceptors (Lipinski definition) is 3. The maximum atomic E-state index is 5.95. The van der Waals surface area contributed by atoms with Crippen molar-refractivity contribution in [3.63, 3.8) is 0 Å². The second-order valence-corrected chi connectivity index (χ2v) is 6.97. The van der Waals surface area contributed by atoms with Gasteiger partial charge in [0.1, 0.15) is 0 Å². The van der Waals surface area contributed by atoms with E-state index >= 15 is 0 Å². The van der Waals surface area contributed by atoms with Gasteiger partial charge in [-0.15, -0.1) is 11.3 Å². The van der Waals surface area contributed by atoms with E-state index in [1.807, 2.05) is 0 Å². The Kier molecular flexibility index (Phi) is 5.44. The van der Waals surface area contributed by atoms with E-state index in [1.54, 1.807) is 11.3 Å². The highest BCUT2D eigenvalue weighted by Gasteiger charge is 2.10. The average molecular weight is 305 g/mol. The van der Waals surface area contributed by atoms with Gasteiger partial charge >= 0.3 is 0 Å². The molecule has 0 amide bonds. The molecule has 0 aliphatic carbocycles. The minimum atomic E-state index is -0.0349. The standard InChI is InChI=1S/C12H21BrN2S/c1-12(2,14)5-4-6-15(3)8-11-7-10(13)9-16-11/h7,9H,4-6,8,14H2,1-3H3. The Morgan fingerprint density at radius 3 is 2.69 bits per heavy atom. The third-order valence-corrected chi connectivity index (χ3v) is 4.09. The first kappa shape index (κ1) is 14.2. The molecular formula is C12H21BrN2S. The van der Waals surface area contributed by atoms with Crippen LogP contribution in [-0.2, 0) is 6.54 Å². The zero-order chi connectivity index (χ0) is 12.2. The molecule has 0 atom stereocenters. The summed E-state index contributed by atoms with van der Waals surface area (Å²) < 4.78 is 1.18. The SMILES string of the molecule is CN(CCCC(C)(C)N)Cc1cc(Br)cs1. The van der Waals surface area contributed by atoms with Crippen molar-refractivity contribution in [1.29, 1.82) is 0 Å². The van der Waals surface area contributed by atoms with Crippen LogP contribution in [0.2, 0.25) is 0 Å². The lowest BCUT2D eigenvalue weighted by molar-refractivity contribution is 0.305. The van der Waals surface area contributed by atoms with Crippen LogP contribution in [0, 0.1) is 0 Å². The Balaban J connectivity index is 2.23. The summed E-state index contributed by atoms with van der Waals surface area (Å²) in [6.45, 7) is 6.31. The van der Waals surface area contributed by atoms with E-state index in [-0.39, 0.29) is 5.54 Å². The van der Waals surface area contributed by atoms with Crippen LogP contribution >= 0.6 is 27.3 Å². The van der Waals surface area contributed by atoms with Crippen LogP contribution < -0.4 is 5.73 Å². The molecule has 0 aliphatic rings. The predicted octanol–water partition coefficient (Wildman–Crippen LogP) is 3.46. The number of rotatable bonds is 6. The lowest BCUT2D eigenvalue weighted by Gasteiger charge is -2.21. The summed E-state index contributed by atoms with van der Waals surface area (Å²) in [7, 11) is 2.16. The van der Waals surface area contributed by atoms with Gasteiger partial charge in [-0.25, -0.2) is 0 Å². The Morgan fingerprint density at radius 2 is 2.19 bits per heavy atom. The summed E-state index contributed by atoms with van der Waals surface area (Å²) in [6, 6.07) is 2.19. The summed E-state index contributed by atoms with van der Waals surface area (Å²) in [5.41, 5.74) is 5.92. The van der Waals surface area contributed by atoms with E-state index in [4.69, 9.17) is 5.73 Å². The van der Waals surface area contributed by atoms with Gasteiger partial charge in [0, 0.05) is 26.8 Å². The van der Waals surface area contributed by atoms with Gasteiger partial charge in [0.15, 0.2) is 0 Å². The van der Waals surface area contributed by atoms with Gasteiger partial charge in [-0.3, -0.25) is 0 Å². The number of halogens is 1. The van der Waals surface area contributed by atoms with Crippen molar-refractivity contribution in [2.45, 2.75) is 38.8 Å². The molecule has 0 aromatic carbocycles. The number of nitrogens with two attached hydrogens (primary N) is 1. The Hall–Kier alpha value is 0.1000. The average Bonchev–Trinajstić information content (AvgIpc) is 2.48. The normalized spacial score (nSPS) is 12.4. The first-order valence-electron chi connectivity index (χ1n) is 5.57. The van der Waals surface area contributed by atoms with Crippen molar-refractivity contribution in [3.8, 4) is 0 Å². The molecule has 1 aromatic heterocycles. The third kappa shape index (κ3) is 5.99. The summed E-state index contributed by atoms with van der Waals surface area (Å²) >= 11 is 5.28. The van der Waals surface area contributed by atoms with Crippen molar-refractivity contribution < 1.29 is 0 Å². The predicted molar refractivity (Wildman–Crippen MR) is 75.9 cm³/mol. The zero-order valence-electron chi connectivity index (χ0n) is 10.3. The monoisotopic (exact) mass is 304 g/mol. The molecule has 0 saturated heterocycles. The summed E-state index contributed by atoms with van der Waals surface area (Å²) in [4.78, 5) is 3.76. The van der Waals surface area contributed by atoms with E-state index in [2.05, 4.69) is 53.2 Å². The molecule has 1 rings (SSSR count). The fourth-order valence-corrected chi connectivity index (χ4v) is 3.12. The lowest BCUT2D eigenvalue weighted by atomic mass is 10.0. The highest BCUT2D eigenvalue weighted by molar-refractivity contribution is 9.10. The number of nitrogens with zero attached hydrogens (tertiary/aromatic N) is 1. The molecule has 0 aliphatic heterocycles. The molecule has 1 heterocycles. The quantitative estimate of drug-likeness (QED) is 0.872. The van der Waals surface area contributed by atoms with Gasteiger partial charge in [-0.05, 0) is 62.3 Å². The van der Waals surface area contributed by atoms with Gasteiger partial charge in [-0.2, -0.15) is 0 Å². The first-order valence-corrected chi connectivity index (χ1v) is 7.24. The van der Waals surface area contributed by atoms with Crippen LogP contribution in [0.3, 0.4) is 0 Å². The molecule has 2 N–H and O–H groups in total. The van der Waals surface area contributed by atoms with Gasteiger partial charge in [0.2, 0.25) is 0 Å². The van der Waals surface area contributed by atoms with Crippen molar-refractivity contribution in [2.24, 2.45) is 5.73 Å². The van der Waals surface area contributed by atoms with Gasteiger partial charge in [0.05, 0.1) is 0 Å². The molecule has 4 heteroatoms. The largest absolute Gasteiger partial charge is 0.326 e. The maximum Gasteiger partial charge on any atom is 0.0325 e. The van der Waals surface area contributed by atoms with Crippen molar-refractivity contribution in [1.82, 2.24) is 4.90 Å². The van der Waals surface area contributed by atoms with E-state index in [9.17, 15) is 0 Å². The van der Waals surface area contributed by atoms with Crippen LogP contribution in [-0.4, -0.2) is 24.0 Å². The van der Waals surface area contributed by atoms with Crippen LogP contribution in [0.15, 0.2) is 15.9 Å². The second-order valence-electron chi connectivity index (χ2n) is 5.06. The van der Waals surface area contributed by atoms with Gasteiger partial charge in [-0.1, -0.05) is 0 Å². The minimum absolute atomic E-state index is 0.0349. The van der Waals surface area contributed by atoms with E-state index in [0.717, 1.165) is 25.9 Å². The molecule has 0 fully saturated rings. The molecule has 1 aromatic rings. The molecule has 16 heavy (non-hydrogen) atoms. The summed E-state index contributed by atoms with van der Waals surface area (Å²) in [6.07, 6.45) is 2.23. The van der Waals surface area contributed by atoms with Crippen LogP contribution in [0.1, 0.15) is 31.6 Å². The highest BCUT2D eigenvalue weighted by Crippen LogP contribution is 2.21. The fourth-order valence-electron chi connectivity index (χ4n) is 1.59. The third-order valence-electron chi connectivity index (χ3n) is 2.41. The van der Waals surface area contributed by atoms with Crippen LogP contribution in [0.4, 0.5) is 0 Å². The molecular weight excluding hydrogens is 284 g/mol. The van der Waals surface area contributed by atoms with Crippen LogP contribution in [0.25, 0.3) is 0 Å². The van der Waals surface area contributed by atoms with E-state index in [0.29, 0.717) is 0 Å². The maximum absolute atomic E-state index is 5.95. The second kappa shape index (κ2) is 6.15. The van der Waals surface area contributed by atoms with Gasteiger partial charge < -0.3 is 10.6 Å². The van der Waals surface area contributed by atoms with Crippen molar-refractivity contribution >= 4 is 27.3 Å². The van der Waals surface area contributed by atoms with Gasteiger partial charge in [0.25, 0.3) is 0 Å². The van der Waals surface area contributed by atoms with Crippen LogP contribution in [0.5, 0.6) is 0 Å². The molecule has 0 saturated carbocycles. The topological polar surface area (TPSA) is 29.3 Å². The van der Waals surface area contributed by atoms with Crippen molar-refractivity contribution in [3.05, 3.63) is 20.8 Å². The summed E-state index contributed by atoms with van der Waals surface area (Å²) in [5, 5.41) is 2.13. The summed E-state index contributed by atoms with van der Waals surface area (Å²) in [5.74, 6) is 0. The molecule has 0 unspecified atom stereocenters. The molecule has 92 valence electrons. The zero-order valence-corrected chi connectivity index (χ0v) is 12.7. The molecule has 0 radical (unpaired) electrons. The number of thiophene rings is 1. The lowest BCUT2D eigenvalue weighted by Crippen LogP contribution is -2.33. The molecule has 2 nitrogen and oxygen atoms in total. The van der Waals surface area contributed by atoms with Crippen molar-refractivity contribution in [2.75, 3.05) is 13.6 Å². The smallest absolute Gasteiger partial charge is 0.0325 e. The Morgan fingerprint density at radius 1 is 1.50 bits per heavy atom. The number of hydrogen-bond donors (Lipinski definition) is 1.